The molecule has 4 aliphatic rings. The number of aryl methyl sites for hydroxylation is 2. The molecule has 0 N–H and O–H groups in total. The summed E-state index contributed by atoms with van der Waals surface area (Å²) in [6.45, 7) is 4.04. The first-order chi connectivity index (χ1) is 17.5. The van der Waals surface area contributed by atoms with Crippen LogP contribution in [0, 0.1) is 25.7 Å². The fourth-order valence-corrected chi connectivity index (χ4v) is 6.54. The van der Waals surface area contributed by atoms with Gasteiger partial charge in [-0.25, -0.2) is 4.90 Å². The lowest BCUT2D eigenvalue weighted by Crippen LogP contribution is -2.41. The van der Waals surface area contributed by atoms with Crippen LogP contribution < -0.4 is 9.64 Å². The highest BCUT2D eigenvalue weighted by Gasteiger charge is 2.61. The molecule has 8 rings (SSSR count). The van der Waals surface area contributed by atoms with E-state index in [1.165, 1.54) is 27.2 Å². The van der Waals surface area contributed by atoms with E-state index >= 15 is 0 Å². The number of ether oxygens (including phenoxy) is 1. The third-order valence-electron chi connectivity index (χ3n) is 8.11. The maximum atomic E-state index is 13.9. The summed E-state index contributed by atoms with van der Waals surface area (Å²) in [6.07, 6.45) is 0. The molecule has 36 heavy (non-hydrogen) atoms. The van der Waals surface area contributed by atoms with Crippen molar-refractivity contribution in [1.82, 2.24) is 0 Å². The van der Waals surface area contributed by atoms with Crippen LogP contribution in [0.25, 0.3) is 0 Å². The van der Waals surface area contributed by atoms with Crippen LogP contribution in [0.4, 0.5) is 5.69 Å². The number of imide groups is 1. The van der Waals surface area contributed by atoms with Crippen LogP contribution >= 0.6 is 0 Å². The normalized spacial score (nSPS) is 23.3. The van der Waals surface area contributed by atoms with Crippen molar-refractivity contribution in [3.63, 3.8) is 0 Å². The van der Waals surface area contributed by atoms with Crippen LogP contribution in [0.2, 0.25) is 0 Å². The van der Waals surface area contributed by atoms with Crippen molar-refractivity contribution in [2.24, 2.45) is 11.8 Å². The number of nitrogens with zero attached hydrogens (tertiary/aromatic N) is 1. The van der Waals surface area contributed by atoms with E-state index < -0.39 is 0 Å². The smallest absolute Gasteiger partial charge is 0.238 e. The summed E-state index contributed by atoms with van der Waals surface area (Å²) < 4.78 is 6.10. The minimum absolute atomic E-state index is 0.0965. The molecule has 2 bridgehead atoms. The molecule has 4 aromatic rings. The van der Waals surface area contributed by atoms with Gasteiger partial charge in [0, 0.05) is 11.8 Å². The van der Waals surface area contributed by atoms with Gasteiger partial charge in [0.15, 0.2) is 0 Å². The predicted octanol–water partition coefficient (Wildman–Crippen LogP) is 6.49. The molecule has 0 radical (unpaired) electrons. The van der Waals surface area contributed by atoms with Crippen molar-refractivity contribution >= 4 is 17.5 Å². The molecule has 4 aromatic carbocycles. The molecule has 4 nitrogen and oxygen atoms in total. The third kappa shape index (κ3) is 2.87. The van der Waals surface area contributed by atoms with E-state index in [9.17, 15) is 9.59 Å². The number of hydrogen-bond acceptors (Lipinski definition) is 3. The Morgan fingerprint density at radius 3 is 1.64 bits per heavy atom. The van der Waals surface area contributed by atoms with E-state index in [4.69, 9.17) is 4.74 Å². The molecule has 2 atom stereocenters. The monoisotopic (exact) mass is 471 g/mol. The summed E-state index contributed by atoms with van der Waals surface area (Å²) >= 11 is 0. The van der Waals surface area contributed by atoms with E-state index in [0.29, 0.717) is 11.4 Å². The van der Waals surface area contributed by atoms with Gasteiger partial charge in [0.05, 0.1) is 17.5 Å². The van der Waals surface area contributed by atoms with Gasteiger partial charge in [-0.15, -0.1) is 0 Å². The summed E-state index contributed by atoms with van der Waals surface area (Å²) in [4.78, 5) is 29.2. The third-order valence-corrected chi connectivity index (χ3v) is 8.11. The highest BCUT2D eigenvalue weighted by molar-refractivity contribution is 6.23. The summed E-state index contributed by atoms with van der Waals surface area (Å²) in [7, 11) is 0. The first-order valence-electron chi connectivity index (χ1n) is 12.4. The van der Waals surface area contributed by atoms with Crippen molar-refractivity contribution in [3.8, 4) is 11.5 Å². The Morgan fingerprint density at radius 2 is 1.14 bits per heavy atom. The fraction of sp³-hybridized carbons (Fsp3) is 0.188. The van der Waals surface area contributed by atoms with Gasteiger partial charge in [-0.2, -0.15) is 0 Å². The molecular weight excluding hydrogens is 446 g/mol. The lowest BCUT2D eigenvalue weighted by atomic mass is 9.55. The summed E-state index contributed by atoms with van der Waals surface area (Å²) in [5.41, 5.74) is 7.50. The first-order valence-corrected chi connectivity index (χ1v) is 12.4. The van der Waals surface area contributed by atoms with Crippen LogP contribution in [0.15, 0.2) is 91.0 Å². The maximum Gasteiger partial charge on any atom is 0.238 e. The van der Waals surface area contributed by atoms with Gasteiger partial charge in [-0.3, -0.25) is 9.59 Å². The first kappa shape index (κ1) is 21.1. The molecule has 1 heterocycles. The van der Waals surface area contributed by atoms with Crippen molar-refractivity contribution < 1.29 is 14.3 Å². The van der Waals surface area contributed by atoms with Gasteiger partial charge in [0.1, 0.15) is 11.5 Å². The minimum Gasteiger partial charge on any atom is -0.457 e. The second-order valence-corrected chi connectivity index (χ2v) is 10.1. The van der Waals surface area contributed by atoms with E-state index in [1.807, 2.05) is 74.5 Å². The number of amides is 2. The zero-order valence-corrected chi connectivity index (χ0v) is 20.1. The van der Waals surface area contributed by atoms with Gasteiger partial charge in [-0.05, 0) is 77.6 Å². The largest absolute Gasteiger partial charge is 0.457 e. The van der Waals surface area contributed by atoms with Crippen LogP contribution in [0.5, 0.6) is 11.5 Å². The van der Waals surface area contributed by atoms with Gasteiger partial charge < -0.3 is 4.74 Å². The molecule has 2 unspecified atom stereocenters. The van der Waals surface area contributed by atoms with Crippen LogP contribution in [-0.4, -0.2) is 11.8 Å². The Bertz CT molecular complexity index is 1440. The quantitative estimate of drug-likeness (QED) is 0.321. The van der Waals surface area contributed by atoms with Crippen molar-refractivity contribution in [2.45, 2.75) is 25.7 Å². The summed E-state index contributed by atoms with van der Waals surface area (Å²) in [6, 6.07) is 30.0. The molecule has 0 saturated carbocycles. The lowest BCUT2D eigenvalue weighted by molar-refractivity contribution is -0.122. The van der Waals surface area contributed by atoms with E-state index in [1.54, 1.807) is 0 Å². The van der Waals surface area contributed by atoms with Crippen molar-refractivity contribution in [2.75, 3.05) is 4.90 Å². The Morgan fingerprint density at radius 1 is 0.639 bits per heavy atom. The lowest BCUT2D eigenvalue weighted by Gasteiger charge is -2.45. The number of rotatable bonds is 3. The average molecular weight is 472 g/mol. The molecule has 3 aliphatic carbocycles. The Hall–Kier alpha value is -4.18. The number of carbonyl (C=O) groups excluding carboxylic acids is 2. The molecule has 4 heteroatoms. The van der Waals surface area contributed by atoms with Crippen molar-refractivity contribution in [3.05, 3.63) is 124 Å². The highest BCUT2D eigenvalue weighted by atomic mass is 16.5. The maximum absolute atomic E-state index is 13.9. The van der Waals surface area contributed by atoms with E-state index in [0.717, 1.165) is 16.9 Å². The number of carbonyl (C=O) groups is 2. The van der Waals surface area contributed by atoms with Gasteiger partial charge >= 0.3 is 0 Å². The molecule has 1 saturated heterocycles. The molecule has 0 spiro atoms. The average Bonchev–Trinajstić information content (AvgIpc) is 3.17. The van der Waals surface area contributed by atoms with Crippen molar-refractivity contribution in [1.29, 1.82) is 0 Å². The second-order valence-electron chi connectivity index (χ2n) is 10.1. The molecule has 176 valence electrons. The summed E-state index contributed by atoms with van der Waals surface area (Å²) in [5.74, 6) is 0.315. The van der Waals surface area contributed by atoms with Gasteiger partial charge in [0.25, 0.3) is 0 Å². The molecule has 2 amide bonds. The predicted molar refractivity (Wildman–Crippen MR) is 138 cm³/mol. The fourth-order valence-electron chi connectivity index (χ4n) is 6.54. The molecule has 0 aromatic heterocycles. The van der Waals surface area contributed by atoms with Crippen LogP contribution in [0.3, 0.4) is 0 Å². The molecular formula is C32H25NO3. The highest BCUT2D eigenvalue weighted by Crippen LogP contribution is 2.61. The Labute approximate surface area is 210 Å². The van der Waals surface area contributed by atoms with E-state index in [-0.39, 0.29) is 35.5 Å². The summed E-state index contributed by atoms with van der Waals surface area (Å²) in [5, 5.41) is 0. The Balaban J connectivity index is 1.25. The van der Waals surface area contributed by atoms with Gasteiger partial charge in [-0.1, -0.05) is 60.7 Å². The number of benzene rings is 4. The SMILES string of the molecule is Cc1ccc(C)c(Oc2ccc(N3C(=O)C4C5c6ccccc6C(c6ccccc65)C4C3=O)cc2)c1. The minimum atomic E-state index is -0.377. The second kappa shape index (κ2) is 7.66. The van der Waals surface area contributed by atoms with Crippen LogP contribution in [-0.2, 0) is 9.59 Å². The number of hydrogen-bond donors (Lipinski definition) is 0. The molecule has 1 fully saturated rings. The van der Waals surface area contributed by atoms with E-state index in [2.05, 4.69) is 30.3 Å². The Kier molecular flexibility index (Phi) is 4.50. The topological polar surface area (TPSA) is 46.6 Å². The van der Waals surface area contributed by atoms with Crippen LogP contribution in [0.1, 0.15) is 45.2 Å². The van der Waals surface area contributed by atoms with Gasteiger partial charge in [0.2, 0.25) is 11.8 Å². The number of anilines is 1. The molecule has 1 aliphatic heterocycles. The standard InChI is InChI=1S/C32H25NO3/c1-18-11-12-19(2)26(17-18)36-21-15-13-20(14-16-21)33-31(34)29-27-22-7-3-4-8-23(22)28(30(29)32(33)35)25-10-6-5-9-24(25)27/h3-17,27-30H,1-2H3. The zero-order chi connectivity index (χ0) is 24.6. The zero-order valence-electron chi connectivity index (χ0n) is 20.1.